The molecule has 7 nitrogen and oxygen atoms in total. The topological polar surface area (TPSA) is 100 Å². The Morgan fingerprint density at radius 2 is 1.90 bits per heavy atom. The standard InChI is InChI=1S/C20H19F3IN3O4/c1-2-31-16-9-12(8-15(24)19(16)30)11-25-27-18(29)7-6-17(28)26-14-5-3-4-13(10-14)20(21,22)23/h3-5,8-11,30H,2,6-7H2,1H3,(H,26,28)(H,27,29)/b25-11+. The van der Waals surface area contributed by atoms with Gasteiger partial charge in [-0.2, -0.15) is 18.3 Å². The molecule has 2 aromatic rings. The number of nitrogens with one attached hydrogen (secondary N) is 2. The molecule has 2 rings (SSSR count). The lowest BCUT2D eigenvalue weighted by Crippen LogP contribution is -2.20. The monoisotopic (exact) mass is 549 g/mol. The minimum Gasteiger partial charge on any atom is -0.504 e. The molecule has 0 saturated carbocycles. The summed E-state index contributed by atoms with van der Waals surface area (Å²) in [5.41, 5.74) is 1.95. The maximum atomic E-state index is 12.7. The van der Waals surface area contributed by atoms with Crippen LogP contribution in [0, 0.1) is 3.57 Å². The average Bonchev–Trinajstić information content (AvgIpc) is 2.70. The lowest BCUT2D eigenvalue weighted by atomic mass is 10.2. The van der Waals surface area contributed by atoms with Gasteiger partial charge in [0.15, 0.2) is 11.5 Å². The molecule has 3 N–H and O–H groups in total. The van der Waals surface area contributed by atoms with Crippen molar-refractivity contribution in [2.45, 2.75) is 25.9 Å². The highest BCUT2D eigenvalue weighted by Gasteiger charge is 2.30. The Morgan fingerprint density at radius 3 is 2.58 bits per heavy atom. The fourth-order valence-corrected chi connectivity index (χ4v) is 3.02. The Hall–Kier alpha value is -2.83. The van der Waals surface area contributed by atoms with E-state index in [1.807, 2.05) is 22.6 Å². The normalized spacial score (nSPS) is 11.4. The SMILES string of the molecule is CCOc1cc(/C=N/NC(=O)CCC(=O)Nc2cccc(C(F)(F)F)c2)cc(I)c1O. The first-order valence-electron chi connectivity index (χ1n) is 9.04. The second-order valence-corrected chi connectivity index (χ2v) is 7.36. The lowest BCUT2D eigenvalue weighted by Gasteiger charge is -2.09. The molecular formula is C20H19F3IN3O4. The Morgan fingerprint density at radius 1 is 1.19 bits per heavy atom. The first-order chi connectivity index (χ1) is 14.6. The average molecular weight is 549 g/mol. The Bertz CT molecular complexity index is 981. The predicted molar refractivity (Wildman–Crippen MR) is 117 cm³/mol. The summed E-state index contributed by atoms with van der Waals surface area (Å²) in [5, 5.41) is 16.0. The maximum absolute atomic E-state index is 12.7. The molecule has 0 aromatic heterocycles. The van der Waals surface area contributed by atoms with E-state index < -0.39 is 23.6 Å². The van der Waals surface area contributed by atoms with E-state index in [4.69, 9.17) is 4.74 Å². The van der Waals surface area contributed by atoms with Crippen LogP contribution < -0.4 is 15.5 Å². The van der Waals surface area contributed by atoms with Gasteiger partial charge in [0, 0.05) is 18.5 Å². The molecular weight excluding hydrogens is 530 g/mol. The highest BCUT2D eigenvalue weighted by atomic mass is 127. The largest absolute Gasteiger partial charge is 0.504 e. The first-order valence-corrected chi connectivity index (χ1v) is 10.1. The summed E-state index contributed by atoms with van der Waals surface area (Å²) in [6, 6.07) is 7.41. The second kappa shape index (κ2) is 11.0. The summed E-state index contributed by atoms with van der Waals surface area (Å²) in [4.78, 5) is 23.7. The molecule has 11 heteroatoms. The van der Waals surface area contributed by atoms with Gasteiger partial charge in [0.2, 0.25) is 11.8 Å². The zero-order valence-corrected chi connectivity index (χ0v) is 18.5. The molecule has 0 aliphatic heterocycles. The summed E-state index contributed by atoms with van der Waals surface area (Å²) in [5.74, 6) is -0.856. The number of hydrazone groups is 1. The van der Waals surface area contributed by atoms with Crippen molar-refractivity contribution in [2.75, 3.05) is 11.9 Å². The van der Waals surface area contributed by atoms with Gasteiger partial charge in [-0.1, -0.05) is 6.07 Å². The zero-order chi connectivity index (χ0) is 23.0. The number of benzene rings is 2. The molecule has 0 aliphatic carbocycles. The van der Waals surface area contributed by atoms with Gasteiger partial charge < -0.3 is 15.2 Å². The van der Waals surface area contributed by atoms with Crippen LogP contribution in [0.2, 0.25) is 0 Å². The molecule has 0 saturated heterocycles. The predicted octanol–water partition coefficient (Wildman–Crippen LogP) is 4.28. The van der Waals surface area contributed by atoms with Crippen molar-refractivity contribution < 1.29 is 32.6 Å². The molecule has 0 bridgehead atoms. The van der Waals surface area contributed by atoms with Crippen LogP contribution in [0.5, 0.6) is 11.5 Å². The highest BCUT2D eigenvalue weighted by Crippen LogP contribution is 2.32. The number of phenols is 1. The van der Waals surface area contributed by atoms with Gasteiger partial charge in [0.05, 0.1) is 22.0 Å². The van der Waals surface area contributed by atoms with Gasteiger partial charge >= 0.3 is 6.18 Å². The van der Waals surface area contributed by atoms with E-state index in [1.165, 1.54) is 18.3 Å². The molecule has 31 heavy (non-hydrogen) atoms. The lowest BCUT2D eigenvalue weighted by molar-refractivity contribution is -0.137. The van der Waals surface area contributed by atoms with Crippen LogP contribution >= 0.6 is 22.6 Å². The number of aromatic hydroxyl groups is 1. The molecule has 0 aliphatic rings. The second-order valence-electron chi connectivity index (χ2n) is 6.20. The number of rotatable bonds is 8. The molecule has 0 atom stereocenters. The number of amides is 2. The van der Waals surface area contributed by atoms with Gasteiger partial charge in [-0.25, -0.2) is 5.43 Å². The number of ether oxygens (including phenoxy) is 1. The van der Waals surface area contributed by atoms with Gasteiger partial charge in [-0.3, -0.25) is 9.59 Å². The Labute approximate surface area is 189 Å². The first kappa shape index (κ1) is 24.4. The minimum atomic E-state index is -4.52. The molecule has 166 valence electrons. The third-order valence-electron chi connectivity index (χ3n) is 3.81. The number of hydrogen-bond acceptors (Lipinski definition) is 5. The van der Waals surface area contributed by atoms with Crippen molar-refractivity contribution in [1.29, 1.82) is 0 Å². The molecule has 2 amide bonds. The third kappa shape index (κ3) is 7.74. The number of carbonyl (C=O) groups is 2. The van der Waals surface area contributed by atoms with Crippen LogP contribution in [-0.2, 0) is 15.8 Å². The Balaban J connectivity index is 1.85. The zero-order valence-electron chi connectivity index (χ0n) is 16.3. The third-order valence-corrected chi connectivity index (χ3v) is 4.63. The molecule has 0 fully saturated rings. The fraction of sp³-hybridized carbons (Fsp3) is 0.250. The van der Waals surface area contributed by atoms with Crippen molar-refractivity contribution in [3.8, 4) is 11.5 Å². The van der Waals surface area contributed by atoms with Crippen molar-refractivity contribution in [3.63, 3.8) is 0 Å². The summed E-state index contributed by atoms with van der Waals surface area (Å²) in [6.45, 7) is 2.14. The minimum absolute atomic E-state index is 0.00899. The number of phenolic OH excluding ortho intramolecular Hbond substituents is 1. The van der Waals surface area contributed by atoms with Crippen molar-refractivity contribution in [1.82, 2.24) is 5.43 Å². The fourth-order valence-electron chi connectivity index (χ4n) is 2.39. The van der Waals surface area contributed by atoms with E-state index in [0.717, 1.165) is 12.1 Å². The van der Waals surface area contributed by atoms with E-state index in [0.29, 0.717) is 15.7 Å². The summed E-state index contributed by atoms with van der Waals surface area (Å²) >= 11 is 1.93. The summed E-state index contributed by atoms with van der Waals surface area (Å²) in [7, 11) is 0. The van der Waals surface area contributed by atoms with Crippen LogP contribution in [0.4, 0.5) is 18.9 Å². The van der Waals surface area contributed by atoms with E-state index in [9.17, 15) is 27.9 Å². The number of nitrogens with zero attached hydrogens (tertiary/aromatic N) is 1. The van der Waals surface area contributed by atoms with Gasteiger partial charge in [0.25, 0.3) is 0 Å². The number of hydrogen-bond donors (Lipinski definition) is 3. The van der Waals surface area contributed by atoms with Gasteiger partial charge in [0.1, 0.15) is 0 Å². The number of alkyl halides is 3. The molecule has 0 heterocycles. The van der Waals surface area contributed by atoms with E-state index in [-0.39, 0.29) is 30.0 Å². The van der Waals surface area contributed by atoms with E-state index in [1.54, 1.807) is 19.1 Å². The van der Waals surface area contributed by atoms with Crippen LogP contribution in [0.25, 0.3) is 0 Å². The van der Waals surface area contributed by atoms with Crippen LogP contribution in [0.1, 0.15) is 30.9 Å². The number of anilines is 1. The van der Waals surface area contributed by atoms with Crippen molar-refractivity contribution in [3.05, 3.63) is 51.1 Å². The van der Waals surface area contributed by atoms with Gasteiger partial charge in [-0.15, -0.1) is 0 Å². The number of halogens is 4. The van der Waals surface area contributed by atoms with Gasteiger partial charge in [-0.05, 0) is 65.4 Å². The molecule has 0 unspecified atom stereocenters. The highest BCUT2D eigenvalue weighted by molar-refractivity contribution is 14.1. The van der Waals surface area contributed by atoms with Crippen molar-refractivity contribution >= 4 is 46.3 Å². The van der Waals surface area contributed by atoms with Crippen LogP contribution in [0.3, 0.4) is 0 Å². The molecule has 0 spiro atoms. The smallest absolute Gasteiger partial charge is 0.416 e. The van der Waals surface area contributed by atoms with Crippen molar-refractivity contribution in [2.24, 2.45) is 5.10 Å². The molecule has 2 aromatic carbocycles. The number of carbonyl (C=O) groups excluding carboxylic acids is 2. The summed E-state index contributed by atoms with van der Waals surface area (Å²) in [6.07, 6.45) is -3.61. The Kier molecular flexibility index (Phi) is 8.65. The van der Waals surface area contributed by atoms with E-state index in [2.05, 4.69) is 15.8 Å². The maximum Gasteiger partial charge on any atom is 0.416 e. The summed E-state index contributed by atoms with van der Waals surface area (Å²) < 4.78 is 44.0. The molecule has 0 radical (unpaired) electrons. The quantitative estimate of drug-likeness (QED) is 0.260. The van der Waals surface area contributed by atoms with Crippen LogP contribution in [-0.4, -0.2) is 29.7 Å². The van der Waals surface area contributed by atoms with E-state index >= 15 is 0 Å². The van der Waals surface area contributed by atoms with Crippen LogP contribution in [0.15, 0.2) is 41.5 Å².